The van der Waals surface area contributed by atoms with Gasteiger partial charge in [-0.3, -0.25) is 10.1 Å². The van der Waals surface area contributed by atoms with Gasteiger partial charge in [-0.25, -0.2) is 14.4 Å². The highest BCUT2D eigenvalue weighted by Gasteiger charge is 2.26. The highest BCUT2D eigenvalue weighted by Crippen LogP contribution is 2.34. The third-order valence-electron chi connectivity index (χ3n) is 3.79. The second-order valence-corrected chi connectivity index (χ2v) is 6.15. The van der Waals surface area contributed by atoms with Gasteiger partial charge < -0.3 is 10.2 Å². The van der Waals surface area contributed by atoms with Crippen LogP contribution in [0.2, 0.25) is 5.02 Å². The number of hydrogen-bond donors (Lipinski definition) is 1. The zero-order chi connectivity index (χ0) is 19.4. The Balaban J connectivity index is 1.94. The van der Waals surface area contributed by atoms with Crippen LogP contribution < -0.4 is 10.2 Å². The summed E-state index contributed by atoms with van der Waals surface area (Å²) in [7, 11) is 1.71. The van der Waals surface area contributed by atoms with Crippen LogP contribution in [0.25, 0.3) is 0 Å². The second kappa shape index (κ2) is 7.96. The summed E-state index contributed by atoms with van der Waals surface area (Å²) in [5.74, 6) is -0.426. The molecule has 0 fully saturated rings. The van der Waals surface area contributed by atoms with Crippen LogP contribution in [0, 0.1) is 15.9 Å². The molecular formula is C18H15ClFN5O2. The molecule has 1 aromatic heterocycles. The van der Waals surface area contributed by atoms with Gasteiger partial charge >= 0.3 is 5.69 Å². The normalized spacial score (nSPS) is 10.5. The average Bonchev–Trinajstić information content (AvgIpc) is 2.65. The molecule has 0 atom stereocenters. The number of rotatable bonds is 6. The van der Waals surface area contributed by atoms with Crippen molar-refractivity contribution >= 4 is 34.6 Å². The molecule has 9 heteroatoms. The number of aromatic nitrogens is 2. The standard InChI is InChI=1S/C18H15ClFN5O2/c1-24(10-12-5-3-2-4-6-12)18-16(25(26)27)17(21-11-22-18)23-13-7-8-15(20)14(19)9-13/h2-9,11H,10H2,1H3,(H,21,22,23). The van der Waals surface area contributed by atoms with E-state index < -0.39 is 10.7 Å². The molecule has 0 unspecified atom stereocenters. The van der Waals surface area contributed by atoms with Crippen molar-refractivity contribution in [2.75, 3.05) is 17.3 Å². The number of nitro groups is 1. The molecule has 2 aromatic carbocycles. The molecule has 0 amide bonds. The van der Waals surface area contributed by atoms with E-state index in [1.807, 2.05) is 30.3 Å². The first-order chi connectivity index (χ1) is 13.0. The van der Waals surface area contributed by atoms with Crippen LogP contribution in [-0.2, 0) is 6.54 Å². The van der Waals surface area contributed by atoms with E-state index in [9.17, 15) is 14.5 Å². The van der Waals surface area contributed by atoms with E-state index in [0.29, 0.717) is 12.2 Å². The Morgan fingerprint density at radius 3 is 2.63 bits per heavy atom. The fourth-order valence-corrected chi connectivity index (χ4v) is 2.73. The van der Waals surface area contributed by atoms with Gasteiger partial charge in [0.15, 0.2) is 0 Å². The zero-order valence-corrected chi connectivity index (χ0v) is 15.0. The predicted octanol–water partition coefficient (Wildman–Crippen LogP) is 4.56. The maximum Gasteiger partial charge on any atom is 0.353 e. The number of anilines is 3. The number of hydrogen-bond acceptors (Lipinski definition) is 6. The molecule has 0 spiro atoms. The maximum absolute atomic E-state index is 13.3. The minimum Gasteiger partial charge on any atom is -0.349 e. The molecule has 0 aliphatic heterocycles. The van der Waals surface area contributed by atoms with Crippen LogP contribution in [0.15, 0.2) is 54.9 Å². The molecule has 3 rings (SSSR count). The van der Waals surface area contributed by atoms with Gasteiger partial charge in [0, 0.05) is 19.3 Å². The molecule has 0 bridgehead atoms. The summed E-state index contributed by atoms with van der Waals surface area (Å²) in [5, 5.41) is 14.4. The highest BCUT2D eigenvalue weighted by atomic mass is 35.5. The van der Waals surface area contributed by atoms with Crippen molar-refractivity contribution in [1.82, 2.24) is 9.97 Å². The Morgan fingerprint density at radius 2 is 1.96 bits per heavy atom. The van der Waals surface area contributed by atoms with Crippen molar-refractivity contribution in [1.29, 1.82) is 0 Å². The quantitative estimate of drug-likeness (QED) is 0.493. The van der Waals surface area contributed by atoms with Crippen LogP contribution in [0.1, 0.15) is 5.56 Å². The molecule has 27 heavy (non-hydrogen) atoms. The SMILES string of the molecule is CN(Cc1ccccc1)c1ncnc(Nc2ccc(F)c(Cl)c2)c1[N+](=O)[O-]. The van der Waals surface area contributed by atoms with Gasteiger partial charge in [0.1, 0.15) is 12.1 Å². The summed E-state index contributed by atoms with van der Waals surface area (Å²) in [5.41, 5.74) is 1.07. The zero-order valence-electron chi connectivity index (χ0n) is 14.3. The molecule has 1 N–H and O–H groups in total. The third kappa shape index (κ3) is 4.29. The Labute approximate surface area is 159 Å². The molecular weight excluding hydrogens is 373 g/mol. The van der Waals surface area contributed by atoms with E-state index in [1.165, 1.54) is 24.5 Å². The second-order valence-electron chi connectivity index (χ2n) is 5.75. The smallest absolute Gasteiger partial charge is 0.349 e. The van der Waals surface area contributed by atoms with Crippen LogP contribution in [0.3, 0.4) is 0 Å². The van der Waals surface area contributed by atoms with Gasteiger partial charge in [-0.1, -0.05) is 41.9 Å². The molecule has 7 nitrogen and oxygen atoms in total. The summed E-state index contributed by atoms with van der Waals surface area (Å²) in [4.78, 5) is 20.8. The molecule has 138 valence electrons. The first kappa shape index (κ1) is 18.5. The number of halogens is 2. The first-order valence-corrected chi connectivity index (χ1v) is 8.30. The fraction of sp³-hybridized carbons (Fsp3) is 0.111. The molecule has 1 heterocycles. The van der Waals surface area contributed by atoms with E-state index in [4.69, 9.17) is 11.6 Å². The van der Waals surface area contributed by atoms with Crippen molar-refractivity contribution in [2.45, 2.75) is 6.54 Å². The lowest BCUT2D eigenvalue weighted by molar-refractivity contribution is -0.383. The predicted molar refractivity (Wildman–Crippen MR) is 102 cm³/mol. The lowest BCUT2D eigenvalue weighted by Crippen LogP contribution is -2.20. The van der Waals surface area contributed by atoms with Crippen molar-refractivity contribution in [2.24, 2.45) is 0 Å². The lowest BCUT2D eigenvalue weighted by Gasteiger charge is -2.19. The third-order valence-corrected chi connectivity index (χ3v) is 4.08. The molecule has 0 aliphatic rings. The Morgan fingerprint density at radius 1 is 1.22 bits per heavy atom. The van der Waals surface area contributed by atoms with E-state index in [0.717, 1.165) is 5.56 Å². The molecule has 0 aliphatic carbocycles. The van der Waals surface area contributed by atoms with Crippen molar-refractivity contribution < 1.29 is 9.31 Å². The molecule has 0 radical (unpaired) electrons. The number of nitrogens with one attached hydrogen (secondary N) is 1. The Hall–Kier alpha value is -3.26. The van der Waals surface area contributed by atoms with Gasteiger partial charge in [0.2, 0.25) is 11.6 Å². The number of nitrogens with zero attached hydrogens (tertiary/aromatic N) is 4. The van der Waals surface area contributed by atoms with Gasteiger partial charge in [0.25, 0.3) is 0 Å². The van der Waals surface area contributed by atoms with Crippen LogP contribution in [0.5, 0.6) is 0 Å². The molecule has 0 saturated heterocycles. The monoisotopic (exact) mass is 387 g/mol. The van der Waals surface area contributed by atoms with E-state index in [1.54, 1.807) is 11.9 Å². The average molecular weight is 388 g/mol. The Kier molecular flexibility index (Phi) is 5.46. The van der Waals surface area contributed by atoms with E-state index >= 15 is 0 Å². The summed E-state index contributed by atoms with van der Waals surface area (Å²) in [6.45, 7) is 0.431. The van der Waals surface area contributed by atoms with Crippen LogP contribution in [0.4, 0.5) is 27.4 Å². The van der Waals surface area contributed by atoms with Gasteiger partial charge in [-0.15, -0.1) is 0 Å². The summed E-state index contributed by atoms with van der Waals surface area (Å²) in [6, 6.07) is 13.4. The first-order valence-electron chi connectivity index (χ1n) is 7.92. The van der Waals surface area contributed by atoms with E-state index in [-0.39, 0.29) is 22.3 Å². The number of benzene rings is 2. The maximum atomic E-state index is 13.3. The minimum absolute atomic E-state index is 0.00686. The largest absolute Gasteiger partial charge is 0.353 e. The van der Waals surface area contributed by atoms with Crippen LogP contribution >= 0.6 is 11.6 Å². The minimum atomic E-state index is -0.581. The van der Waals surface area contributed by atoms with Crippen molar-refractivity contribution in [3.8, 4) is 0 Å². The summed E-state index contributed by atoms with van der Waals surface area (Å²) < 4.78 is 13.3. The van der Waals surface area contributed by atoms with Gasteiger partial charge in [0.05, 0.1) is 9.95 Å². The fourth-order valence-electron chi connectivity index (χ4n) is 2.55. The van der Waals surface area contributed by atoms with Crippen molar-refractivity contribution in [3.63, 3.8) is 0 Å². The van der Waals surface area contributed by atoms with Crippen molar-refractivity contribution in [3.05, 3.63) is 81.4 Å². The molecule has 3 aromatic rings. The van der Waals surface area contributed by atoms with E-state index in [2.05, 4.69) is 15.3 Å². The lowest BCUT2D eigenvalue weighted by atomic mass is 10.2. The van der Waals surface area contributed by atoms with Crippen LogP contribution in [-0.4, -0.2) is 21.9 Å². The molecule has 0 saturated carbocycles. The summed E-state index contributed by atoms with van der Waals surface area (Å²) in [6.07, 6.45) is 1.23. The van der Waals surface area contributed by atoms with Gasteiger partial charge in [-0.05, 0) is 23.8 Å². The van der Waals surface area contributed by atoms with Gasteiger partial charge in [-0.2, -0.15) is 0 Å². The summed E-state index contributed by atoms with van der Waals surface area (Å²) >= 11 is 5.76. The topological polar surface area (TPSA) is 84.2 Å². The highest BCUT2D eigenvalue weighted by molar-refractivity contribution is 6.31. The Bertz CT molecular complexity index is 971.